The van der Waals surface area contributed by atoms with Gasteiger partial charge in [-0.25, -0.2) is 4.39 Å². The fourth-order valence-corrected chi connectivity index (χ4v) is 2.94. The van der Waals surface area contributed by atoms with Crippen molar-refractivity contribution in [2.24, 2.45) is 0 Å². The van der Waals surface area contributed by atoms with Crippen molar-refractivity contribution in [3.05, 3.63) is 76.2 Å². The minimum absolute atomic E-state index is 0.228. The van der Waals surface area contributed by atoms with Crippen LogP contribution in [0.3, 0.4) is 0 Å². The summed E-state index contributed by atoms with van der Waals surface area (Å²) in [7, 11) is 0. The lowest BCUT2D eigenvalue weighted by Gasteiger charge is -2.22. The molecule has 2 aromatic carbocycles. The topological polar surface area (TPSA) is 79.4 Å². The van der Waals surface area contributed by atoms with Gasteiger partial charge in [-0.15, -0.1) is 0 Å². The smallest absolute Gasteiger partial charge is 0.414 e. The summed E-state index contributed by atoms with van der Waals surface area (Å²) in [5.41, 5.74) is 2.71. The Balaban J connectivity index is 1.37. The van der Waals surface area contributed by atoms with E-state index in [1.54, 1.807) is 10.6 Å². The molecule has 0 radical (unpaired) electrons. The number of hydrogen-bond donors (Lipinski definition) is 0. The summed E-state index contributed by atoms with van der Waals surface area (Å²) in [4.78, 5) is 14.0. The average Bonchev–Trinajstić information content (AvgIpc) is 3.10. The fourth-order valence-electron chi connectivity index (χ4n) is 2.94. The van der Waals surface area contributed by atoms with Gasteiger partial charge in [0, 0.05) is 4.98 Å². The van der Waals surface area contributed by atoms with Crippen molar-refractivity contribution in [1.82, 2.24) is 9.55 Å². The molecule has 1 aromatic heterocycles. The largest absolute Gasteiger partial charge is 0.443 e. The predicted molar refractivity (Wildman–Crippen MR) is 94.8 cm³/mol. The molecule has 0 N–H and O–H groups in total. The highest BCUT2D eigenvalue weighted by molar-refractivity contribution is 5.63. The van der Waals surface area contributed by atoms with Gasteiger partial charge in [-0.05, 0) is 33.7 Å². The summed E-state index contributed by atoms with van der Waals surface area (Å²) in [6, 6.07) is 14.4. The van der Waals surface area contributed by atoms with E-state index in [4.69, 9.17) is 9.47 Å². The molecule has 7 nitrogen and oxygen atoms in total. The number of rotatable bonds is 5. The maximum absolute atomic E-state index is 13.3. The van der Waals surface area contributed by atoms with Gasteiger partial charge in [-0.2, -0.15) is 0 Å². The van der Waals surface area contributed by atoms with E-state index < -0.39 is 4.92 Å². The molecule has 0 spiro atoms. The molecular weight excluding hydrogens is 353 g/mol. The maximum Gasteiger partial charge on any atom is 0.414 e. The lowest BCUT2D eigenvalue weighted by molar-refractivity contribution is -0.389. The van der Waals surface area contributed by atoms with Gasteiger partial charge in [0.25, 0.3) is 0 Å². The first-order chi connectivity index (χ1) is 13.1. The van der Waals surface area contributed by atoms with E-state index in [2.05, 4.69) is 4.98 Å². The molecule has 2 heterocycles. The van der Waals surface area contributed by atoms with Crippen molar-refractivity contribution < 1.29 is 18.8 Å². The molecule has 1 atom stereocenters. The fraction of sp³-hybridized carbons (Fsp3) is 0.211. The number of fused-ring (bicyclic) bond motifs is 1. The number of ether oxygens (including phenoxy) is 2. The van der Waals surface area contributed by atoms with E-state index >= 15 is 0 Å². The molecule has 27 heavy (non-hydrogen) atoms. The molecule has 0 fully saturated rings. The molecule has 8 heteroatoms. The van der Waals surface area contributed by atoms with E-state index in [1.165, 1.54) is 18.3 Å². The van der Waals surface area contributed by atoms with Gasteiger partial charge >= 0.3 is 11.8 Å². The van der Waals surface area contributed by atoms with Gasteiger partial charge in [0.2, 0.25) is 0 Å². The predicted octanol–water partition coefficient (Wildman–Crippen LogP) is 3.58. The molecule has 0 saturated heterocycles. The van der Waals surface area contributed by atoms with Crippen LogP contribution in [0.1, 0.15) is 5.56 Å². The normalized spacial score (nSPS) is 15.8. The van der Waals surface area contributed by atoms with Crippen LogP contribution in [0.15, 0.2) is 54.7 Å². The van der Waals surface area contributed by atoms with Gasteiger partial charge in [0.15, 0.2) is 0 Å². The van der Waals surface area contributed by atoms with Gasteiger partial charge in [-0.1, -0.05) is 36.4 Å². The zero-order valence-corrected chi connectivity index (χ0v) is 14.2. The highest BCUT2D eigenvalue weighted by Crippen LogP contribution is 2.24. The third kappa shape index (κ3) is 3.80. The second-order valence-electron chi connectivity index (χ2n) is 6.24. The van der Waals surface area contributed by atoms with Crippen LogP contribution in [0.2, 0.25) is 0 Å². The van der Waals surface area contributed by atoms with Crippen LogP contribution < -0.4 is 4.74 Å². The molecule has 0 saturated carbocycles. The van der Waals surface area contributed by atoms with Gasteiger partial charge in [0.1, 0.15) is 24.7 Å². The molecule has 1 aliphatic heterocycles. The molecule has 4 rings (SSSR count). The SMILES string of the molecule is O=[N+]([O-])c1cn2c(n1)OC[C@@H](OCc1ccc(-c3cccc(F)c3)cc1)C2. The molecule has 138 valence electrons. The first kappa shape index (κ1) is 17.2. The van der Waals surface area contributed by atoms with Gasteiger partial charge < -0.3 is 19.6 Å². The lowest BCUT2D eigenvalue weighted by Crippen LogP contribution is -2.32. The van der Waals surface area contributed by atoms with E-state index in [0.717, 1.165) is 16.7 Å². The van der Waals surface area contributed by atoms with Crippen molar-refractivity contribution >= 4 is 5.82 Å². The highest BCUT2D eigenvalue weighted by atomic mass is 19.1. The first-order valence-electron chi connectivity index (χ1n) is 8.39. The van der Waals surface area contributed by atoms with E-state index in [1.807, 2.05) is 30.3 Å². The summed E-state index contributed by atoms with van der Waals surface area (Å²) in [6.07, 6.45) is 1.12. The van der Waals surface area contributed by atoms with E-state index in [0.29, 0.717) is 13.2 Å². The molecule has 0 bridgehead atoms. The summed E-state index contributed by atoms with van der Waals surface area (Å²) in [5, 5.41) is 10.8. The van der Waals surface area contributed by atoms with Crippen molar-refractivity contribution in [3.8, 4) is 17.1 Å². The zero-order valence-electron chi connectivity index (χ0n) is 14.2. The van der Waals surface area contributed by atoms with Gasteiger partial charge in [0.05, 0.1) is 13.2 Å². The third-order valence-corrected chi connectivity index (χ3v) is 4.31. The molecule has 3 aromatic rings. The quantitative estimate of drug-likeness (QED) is 0.507. The second-order valence-corrected chi connectivity index (χ2v) is 6.24. The number of imidazole rings is 1. The molecule has 0 aliphatic carbocycles. The molecule has 0 amide bonds. The molecular formula is C19H16FN3O4. The molecule has 0 unspecified atom stereocenters. The zero-order chi connectivity index (χ0) is 18.8. The van der Waals surface area contributed by atoms with E-state index in [9.17, 15) is 14.5 Å². The monoisotopic (exact) mass is 369 g/mol. The summed E-state index contributed by atoms with van der Waals surface area (Å²) < 4.78 is 26.2. The van der Waals surface area contributed by atoms with Crippen LogP contribution in [-0.2, 0) is 17.9 Å². The van der Waals surface area contributed by atoms with Crippen LogP contribution in [0.25, 0.3) is 11.1 Å². The van der Waals surface area contributed by atoms with Crippen LogP contribution in [0.4, 0.5) is 10.2 Å². The maximum atomic E-state index is 13.3. The summed E-state index contributed by atoms with van der Waals surface area (Å²) >= 11 is 0. The third-order valence-electron chi connectivity index (χ3n) is 4.31. The van der Waals surface area contributed by atoms with Crippen molar-refractivity contribution in [2.45, 2.75) is 19.3 Å². The molecule has 1 aliphatic rings. The van der Waals surface area contributed by atoms with Crippen LogP contribution in [-0.4, -0.2) is 27.2 Å². The Hall–Kier alpha value is -3.26. The Morgan fingerprint density at radius 2 is 2.07 bits per heavy atom. The number of nitrogens with zero attached hydrogens (tertiary/aromatic N) is 3. The minimum atomic E-state index is -0.551. The Morgan fingerprint density at radius 1 is 1.26 bits per heavy atom. The summed E-state index contributed by atoms with van der Waals surface area (Å²) in [6.45, 7) is 1.11. The highest BCUT2D eigenvalue weighted by Gasteiger charge is 2.28. The minimum Gasteiger partial charge on any atom is -0.443 e. The summed E-state index contributed by atoms with van der Waals surface area (Å²) in [5.74, 6) is -0.505. The number of halogens is 1. The van der Waals surface area contributed by atoms with Crippen LogP contribution in [0.5, 0.6) is 6.01 Å². The number of hydrogen-bond acceptors (Lipinski definition) is 5. The Kier molecular flexibility index (Phi) is 4.55. The van der Waals surface area contributed by atoms with Crippen molar-refractivity contribution in [2.75, 3.05) is 6.61 Å². The second kappa shape index (κ2) is 7.16. The lowest BCUT2D eigenvalue weighted by atomic mass is 10.0. The first-order valence-corrected chi connectivity index (χ1v) is 8.39. The number of benzene rings is 2. The standard InChI is InChI=1S/C19H16FN3O4/c20-16-3-1-2-15(8-16)14-6-4-13(5-7-14)11-26-17-9-22-10-18(23(24)25)21-19(22)27-12-17/h1-8,10,17H,9,11-12H2/t17-/m0/s1. The Labute approximate surface area is 154 Å². The van der Waals surface area contributed by atoms with Crippen LogP contribution in [0, 0.1) is 15.9 Å². The van der Waals surface area contributed by atoms with Crippen molar-refractivity contribution in [3.63, 3.8) is 0 Å². The van der Waals surface area contributed by atoms with Crippen molar-refractivity contribution in [1.29, 1.82) is 0 Å². The Bertz CT molecular complexity index is 971. The van der Waals surface area contributed by atoms with E-state index in [-0.39, 0.29) is 30.4 Å². The Morgan fingerprint density at radius 3 is 2.81 bits per heavy atom. The van der Waals surface area contributed by atoms with Gasteiger partial charge in [-0.3, -0.25) is 4.57 Å². The van der Waals surface area contributed by atoms with Crippen LogP contribution >= 0.6 is 0 Å². The number of nitro groups is 1. The average molecular weight is 369 g/mol. The number of aromatic nitrogens is 2.